The van der Waals surface area contributed by atoms with Gasteiger partial charge in [0.25, 0.3) is 0 Å². The van der Waals surface area contributed by atoms with Crippen molar-refractivity contribution in [2.45, 2.75) is 19.0 Å². The minimum Gasteiger partial charge on any atom is -0.493 e. The first-order valence-corrected chi connectivity index (χ1v) is 12.4. The van der Waals surface area contributed by atoms with Crippen LogP contribution in [-0.2, 0) is 4.79 Å². The molecule has 3 heterocycles. The van der Waals surface area contributed by atoms with E-state index in [-0.39, 0.29) is 11.7 Å². The standard InChI is InChI=1S/C26H26N6O4S/c1-15-6-7-16(2)18(10-15)19-13-20-25-28-29-26(31(25)8-9-32(20)30-19)37-14-23(33)27-17-11-21(34-3)24(36-5)22(12-17)35-4/h6-13H,14H2,1-5H3,(H,27,33). The predicted molar refractivity (Wildman–Crippen MR) is 142 cm³/mol. The van der Waals surface area contributed by atoms with Crippen LogP contribution >= 0.6 is 11.8 Å². The number of rotatable bonds is 8. The molecular weight excluding hydrogens is 492 g/mol. The fourth-order valence-electron chi connectivity index (χ4n) is 4.11. The van der Waals surface area contributed by atoms with Crippen molar-refractivity contribution in [3.05, 3.63) is 59.9 Å². The Kier molecular flexibility index (Phi) is 6.62. The number of fused-ring (bicyclic) bond motifs is 3. The number of carbonyl (C=O) groups is 1. The first kappa shape index (κ1) is 24.4. The fourth-order valence-corrected chi connectivity index (χ4v) is 4.83. The number of amides is 1. The summed E-state index contributed by atoms with van der Waals surface area (Å²) in [5.74, 6) is 1.30. The second-order valence-electron chi connectivity index (χ2n) is 8.40. The van der Waals surface area contributed by atoms with Gasteiger partial charge in [0.1, 0.15) is 5.52 Å². The van der Waals surface area contributed by atoms with Crippen LogP contribution in [0.4, 0.5) is 5.69 Å². The number of carbonyl (C=O) groups excluding carboxylic acids is 1. The summed E-state index contributed by atoms with van der Waals surface area (Å²) in [6.45, 7) is 4.14. The maximum atomic E-state index is 12.7. The molecule has 5 aromatic rings. The number of nitrogens with zero attached hydrogens (tertiary/aromatic N) is 5. The van der Waals surface area contributed by atoms with Gasteiger partial charge in [-0.2, -0.15) is 5.10 Å². The largest absolute Gasteiger partial charge is 0.493 e. The molecule has 2 aromatic carbocycles. The number of ether oxygens (including phenoxy) is 3. The van der Waals surface area contributed by atoms with Gasteiger partial charge < -0.3 is 19.5 Å². The molecule has 1 N–H and O–H groups in total. The average molecular weight is 519 g/mol. The van der Waals surface area contributed by atoms with Crippen LogP contribution in [0, 0.1) is 13.8 Å². The number of hydrogen-bond acceptors (Lipinski definition) is 8. The van der Waals surface area contributed by atoms with Crippen LogP contribution < -0.4 is 19.5 Å². The minimum atomic E-state index is -0.210. The van der Waals surface area contributed by atoms with Gasteiger partial charge in [0.05, 0.1) is 32.8 Å². The van der Waals surface area contributed by atoms with Crippen molar-refractivity contribution in [3.8, 4) is 28.5 Å². The highest BCUT2D eigenvalue weighted by molar-refractivity contribution is 7.99. The van der Waals surface area contributed by atoms with Gasteiger partial charge in [0, 0.05) is 35.8 Å². The van der Waals surface area contributed by atoms with Crippen molar-refractivity contribution in [2.75, 3.05) is 32.4 Å². The zero-order valence-corrected chi connectivity index (χ0v) is 21.9. The van der Waals surface area contributed by atoms with Gasteiger partial charge in [-0.15, -0.1) is 10.2 Å². The average Bonchev–Trinajstić information content (AvgIpc) is 3.52. The Hall–Kier alpha value is -4.25. The highest BCUT2D eigenvalue weighted by Crippen LogP contribution is 2.40. The van der Waals surface area contributed by atoms with Crippen LogP contribution in [0.1, 0.15) is 11.1 Å². The number of hydrogen-bond donors (Lipinski definition) is 1. The lowest BCUT2D eigenvalue weighted by Crippen LogP contribution is -2.14. The normalized spacial score (nSPS) is 11.2. The quantitative estimate of drug-likeness (QED) is 0.301. The number of anilines is 1. The molecule has 5 rings (SSSR count). The number of methoxy groups -OCH3 is 3. The highest BCUT2D eigenvalue weighted by Gasteiger charge is 2.17. The van der Waals surface area contributed by atoms with E-state index in [1.807, 2.05) is 22.9 Å². The topological polar surface area (TPSA) is 104 Å². The van der Waals surface area contributed by atoms with E-state index in [9.17, 15) is 4.79 Å². The lowest BCUT2D eigenvalue weighted by Gasteiger charge is -2.14. The van der Waals surface area contributed by atoms with Gasteiger partial charge in [-0.1, -0.05) is 29.5 Å². The molecule has 0 atom stereocenters. The van der Waals surface area contributed by atoms with Gasteiger partial charge in [0.15, 0.2) is 22.3 Å². The number of aryl methyl sites for hydroxylation is 2. The van der Waals surface area contributed by atoms with E-state index < -0.39 is 0 Å². The third-order valence-corrected chi connectivity index (χ3v) is 6.88. The fraction of sp³-hybridized carbons (Fsp3) is 0.231. The Balaban J connectivity index is 1.35. The van der Waals surface area contributed by atoms with Crippen molar-refractivity contribution in [1.82, 2.24) is 24.2 Å². The summed E-state index contributed by atoms with van der Waals surface area (Å²) in [5.41, 5.74) is 6.31. The van der Waals surface area contributed by atoms with E-state index in [0.717, 1.165) is 22.3 Å². The molecule has 0 fully saturated rings. The predicted octanol–water partition coefficient (Wildman–Crippen LogP) is 4.42. The van der Waals surface area contributed by atoms with E-state index in [0.29, 0.717) is 33.7 Å². The molecule has 0 unspecified atom stereocenters. The van der Waals surface area contributed by atoms with Gasteiger partial charge in [-0.3, -0.25) is 9.20 Å². The second-order valence-corrected chi connectivity index (χ2v) is 9.35. The van der Waals surface area contributed by atoms with Crippen molar-refractivity contribution in [2.24, 2.45) is 0 Å². The lowest BCUT2D eigenvalue weighted by molar-refractivity contribution is -0.113. The zero-order valence-electron chi connectivity index (χ0n) is 21.1. The summed E-state index contributed by atoms with van der Waals surface area (Å²) >= 11 is 1.29. The van der Waals surface area contributed by atoms with Crippen molar-refractivity contribution in [1.29, 1.82) is 0 Å². The lowest BCUT2D eigenvalue weighted by atomic mass is 10.0. The van der Waals surface area contributed by atoms with Gasteiger partial charge in [-0.25, -0.2) is 4.52 Å². The SMILES string of the molecule is COc1cc(NC(=O)CSc2nnc3c4cc(-c5cc(C)ccc5C)nn4ccn23)cc(OC)c1OC. The molecule has 1 amide bonds. The van der Waals surface area contributed by atoms with Gasteiger partial charge in [-0.05, 0) is 31.5 Å². The zero-order chi connectivity index (χ0) is 26.1. The van der Waals surface area contributed by atoms with Crippen LogP contribution in [0.5, 0.6) is 17.2 Å². The van der Waals surface area contributed by atoms with Crippen LogP contribution in [0.2, 0.25) is 0 Å². The first-order chi connectivity index (χ1) is 17.9. The third-order valence-electron chi connectivity index (χ3n) is 5.94. The summed E-state index contributed by atoms with van der Waals surface area (Å²) in [4.78, 5) is 12.7. The molecule has 0 bridgehead atoms. The van der Waals surface area contributed by atoms with E-state index in [1.54, 1.807) is 16.6 Å². The van der Waals surface area contributed by atoms with Crippen LogP contribution in [0.25, 0.3) is 22.4 Å². The Labute approximate surface area is 217 Å². The summed E-state index contributed by atoms with van der Waals surface area (Å²) in [7, 11) is 4.58. The number of aromatic nitrogens is 5. The smallest absolute Gasteiger partial charge is 0.234 e. The van der Waals surface area contributed by atoms with Gasteiger partial charge in [0.2, 0.25) is 11.7 Å². The molecule has 11 heteroatoms. The van der Waals surface area contributed by atoms with Crippen molar-refractivity contribution >= 4 is 34.5 Å². The van der Waals surface area contributed by atoms with Gasteiger partial charge >= 0.3 is 0 Å². The molecule has 0 saturated carbocycles. The van der Waals surface area contributed by atoms with E-state index in [2.05, 4.69) is 47.6 Å². The van der Waals surface area contributed by atoms with Crippen molar-refractivity contribution in [3.63, 3.8) is 0 Å². The Bertz CT molecular complexity index is 1600. The molecular formula is C26H26N6O4S. The molecule has 10 nitrogen and oxygen atoms in total. The Morgan fingerprint density at radius 2 is 1.73 bits per heavy atom. The van der Waals surface area contributed by atoms with Crippen LogP contribution in [0.15, 0.2) is 53.9 Å². The molecule has 0 saturated heterocycles. The maximum Gasteiger partial charge on any atom is 0.234 e. The van der Waals surface area contributed by atoms with E-state index in [1.165, 1.54) is 38.7 Å². The monoisotopic (exact) mass is 518 g/mol. The van der Waals surface area contributed by atoms with Crippen LogP contribution in [0.3, 0.4) is 0 Å². The summed E-state index contributed by atoms with van der Waals surface area (Å²) in [5, 5.41) is 16.9. The first-order valence-electron chi connectivity index (χ1n) is 11.4. The minimum absolute atomic E-state index is 0.135. The molecule has 0 aliphatic heterocycles. The molecule has 190 valence electrons. The summed E-state index contributed by atoms with van der Waals surface area (Å²) in [6, 6.07) is 11.7. The highest BCUT2D eigenvalue weighted by atomic mass is 32.2. The molecule has 37 heavy (non-hydrogen) atoms. The number of benzene rings is 2. The molecule has 0 radical (unpaired) electrons. The van der Waals surface area contributed by atoms with Crippen molar-refractivity contribution < 1.29 is 19.0 Å². The number of thioether (sulfide) groups is 1. The Morgan fingerprint density at radius 1 is 0.973 bits per heavy atom. The van der Waals surface area contributed by atoms with E-state index >= 15 is 0 Å². The summed E-state index contributed by atoms with van der Waals surface area (Å²) < 4.78 is 19.7. The third kappa shape index (κ3) is 4.65. The molecule has 3 aromatic heterocycles. The summed E-state index contributed by atoms with van der Waals surface area (Å²) in [6.07, 6.45) is 3.71. The van der Waals surface area contributed by atoms with E-state index in [4.69, 9.17) is 19.3 Å². The molecule has 0 aliphatic carbocycles. The van der Waals surface area contributed by atoms with Crippen LogP contribution in [-0.4, -0.2) is 57.2 Å². The molecule has 0 aliphatic rings. The molecule has 0 spiro atoms. The number of nitrogens with one attached hydrogen (secondary N) is 1. The maximum absolute atomic E-state index is 12.7. The Morgan fingerprint density at radius 3 is 2.43 bits per heavy atom. The second kappa shape index (κ2) is 10.0.